The average Bonchev–Trinajstić information content (AvgIpc) is 2.02. The van der Waals surface area contributed by atoms with Crippen LogP contribution < -0.4 is 10.5 Å². The number of halogens is 1. The molecule has 0 bridgehead atoms. The summed E-state index contributed by atoms with van der Waals surface area (Å²) in [7, 11) is 0. The molecule has 2 nitrogen and oxygen atoms in total. The van der Waals surface area contributed by atoms with Crippen molar-refractivity contribution in [3.8, 4) is 5.75 Å². The van der Waals surface area contributed by atoms with Crippen molar-refractivity contribution in [2.75, 3.05) is 12.3 Å². The van der Waals surface area contributed by atoms with Crippen molar-refractivity contribution < 1.29 is 4.74 Å². The quantitative estimate of drug-likeness (QED) is 0.760. The van der Waals surface area contributed by atoms with Gasteiger partial charge in [0.15, 0.2) is 0 Å². The number of nitrogens with two attached hydrogens (primary N) is 1. The van der Waals surface area contributed by atoms with Gasteiger partial charge in [-0.1, -0.05) is 25.4 Å². The van der Waals surface area contributed by atoms with Gasteiger partial charge in [-0.2, -0.15) is 0 Å². The van der Waals surface area contributed by atoms with E-state index >= 15 is 0 Å². The summed E-state index contributed by atoms with van der Waals surface area (Å²) < 4.78 is 5.47. The molecule has 13 heavy (non-hydrogen) atoms. The van der Waals surface area contributed by atoms with E-state index < -0.39 is 0 Å². The minimum atomic E-state index is 0.495. The Bertz CT molecular complexity index is 286. The molecule has 1 aromatic rings. The maximum Gasteiger partial charge on any atom is 0.142 e. The van der Waals surface area contributed by atoms with E-state index in [1.54, 1.807) is 18.2 Å². The number of anilines is 1. The molecular weight excluding hydrogens is 186 g/mol. The van der Waals surface area contributed by atoms with E-state index in [4.69, 9.17) is 22.1 Å². The number of hydrogen-bond donors (Lipinski definition) is 1. The standard InChI is InChI=1S/C10H14ClNO/c1-7(2)6-13-10-4-3-8(11)5-9(10)12/h3-5,7H,6,12H2,1-2H3. The van der Waals surface area contributed by atoms with Gasteiger partial charge in [-0.25, -0.2) is 0 Å². The Balaban J connectivity index is 2.67. The molecule has 0 aliphatic heterocycles. The number of nitrogen functional groups attached to an aromatic ring is 1. The Morgan fingerprint density at radius 1 is 1.46 bits per heavy atom. The minimum absolute atomic E-state index is 0.495. The van der Waals surface area contributed by atoms with Crippen LogP contribution in [0, 0.1) is 5.92 Å². The molecule has 0 unspecified atom stereocenters. The van der Waals surface area contributed by atoms with Crippen LogP contribution in [0.15, 0.2) is 18.2 Å². The van der Waals surface area contributed by atoms with Crippen molar-refractivity contribution in [3.05, 3.63) is 23.2 Å². The summed E-state index contributed by atoms with van der Waals surface area (Å²) in [4.78, 5) is 0. The summed E-state index contributed by atoms with van der Waals surface area (Å²) in [6.07, 6.45) is 0. The Labute approximate surface area is 83.6 Å². The predicted molar refractivity (Wildman–Crippen MR) is 56.2 cm³/mol. The Morgan fingerprint density at radius 3 is 2.69 bits per heavy atom. The van der Waals surface area contributed by atoms with Crippen LogP contribution >= 0.6 is 11.6 Å². The van der Waals surface area contributed by atoms with E-state index in [9.17, 15) is 0 Å². The first-order valence-electron chi connectivity index (χ1n) is 4.27. The molecule has 2 N–H and O–H groups in total. The summed E-state index contributed by atoms with van der Waals surface area (Å²) >= 11 is 5.74. The molecule has 0 fully saturated rings. The summed E-state index contributed by atoms with van der Waals surface area (Å²) in [5, 5.41) is 0.634. The first kappa shape index (κ1) is 10.2. The van der Waals surface area contributed by atoms with Gasteiger partial charge < -0.3 is 10.5 Å². The third-order valence-corrected chi connectivity index (χ3v) is 1.78. The Kier molecular flexibility index (Phi) is 3.43. The molecule has 1 rings (SSSR count). The van der Waals surface area contributed by atoms with Crippen LogP contribution in [0.5, 0.6) is 5.75 Å². The minimum Gasteiger partial charge on any atom is -0.491 e. The highest BCUT2D eigenvalue weighted by Gasteiger charge is 2.01. The molecule has 0 aliphatic carbocycles. The van der Waals surface area contributed by atoms with Gasteiger partial charge >= 0.3 is 0 Å². The molecule has 0 aliphatic rings. The average molecular weight is 200 g/mol. The molecule has 0 aromatic heterocycles. The lowest BCUT2D eigenvalue weighted by molar-refractivity contribution is 0.272. The van der Waals surface area contributed by atoms with Gasteiger partial charge in [0.05, 0.1) is 12.3 Å². The Hall–Kier alpha value is -0.890. The SMILES string of the molecule is CC(C)COc1ccc(Cl)cc1N. The third kappa shape index (κ3) is 3.15. The molecule has 0 saturated carbocycles. The fourth-order valence-electron chi connectivity index (χ4n) is 0.907. The largest absolute Gasteiger partial charge is 0.491 e. The van der Waals surface area contributed by atoms with Crippen LogP contribution in [0.25, 0.3) is 0 Å². The van der Waals surface area contributed by atoms with E-state index in [0.717, 1.165) is 0 Å². The molecule has 1 aromatic carbocycles. The first-order chi connectivity index (χ1) is 6.09. The van der Waals surface area contributed by atoms with Crippen LogP contribution in [0.3, 0.4) is 0 Å². The molecule has 0 heterocycles. The number of hydrogen-bond acceptors (Lipinski definition) is 2. The van der Waals surface area contributed by atoms with Crippen molar-refractivity contribution in [2.45, 2.75) is 13.8 Å². The lowest BCUT2D eigenvalue weighted by Gasteiger charge is -2.10. The highest BCUT2D eigenvalue weighted by Crippen LogP contribution is 2.25. The molecule has 3 heteroatoms. The number of benzene rings is 1. The zero-order chi connectivity index (χ0) is 9.84. The highest BCUT2D eigenvalue weighted by atomic mass is 35.5. The monoisotopic (exact) mass is 199 g/mol. The second-order valence-electron chi connectivity index (χ2n) is 3.39. The molecule has 0 amide bonds. The maximum absolute atomic E-state index is 5.74. The van der Waals surface area contributed by atoms with Gasteiger partial charge in [0.2, 0.25) is 0 Å². The van der Waals surface area contributed by atoms with E-state index in [2.05, 4.69) is 13.8 Å². The molecule has 72 valence electrons. The van der Waals surface area contributed by atoms with Gasteiger partial charge in [-0.15, -0.1) is 0 Å². The Morgan fingerprint density at radius 2 is 2.15 bits per heavy atom. The second kappa shape index (κ2) is 4.38. The molecule has 0 saturated heterocycles. The molecule has 0 atom stereocenters. The molecular formula is C10H14ClNO. The highest BCUT2D eigenvalue weighted by molar-refractivity contribution is 6.30. The van der Waals surface area contributed by atoms with E-state index in [-0.39, 0.29) is 0 Å². The number of ether oxygens (including phenoxy) is 1. The van der Waals surface area contributed by atoms with Gasteiger partial charge in [0.1, 0.15) is 5.75 Å². The fraction of sp³-hybridized carbons (Fsp3) is 0.400. The first-order valence-corrected chi connectivity index (χ1v) is 4.65. The number of rotatable bonds is 3. The van der Waals surface area contributed by atoms with Crippen molar-refractivity contribution in [3.63, 3.8) is 0 Å². The van der Waals surface area contributed by atoms with Crippen LogP contribution in [0.4, 0.5) is 5.69 Å². The van der Waals surface area contributed by atoms with Crippen molar-refractivity contribution in [1.29, 1.82) is 0 Å². The summed E-state index contributed by atoms with van der Waals surface area (Å²) in [6.45, 7) is 4.85. The topological polar surface area (TPSA) is 35.2 Å². The van der Waals surface area contributed by atoms with E-state index in [0.29, 0.717) is 29.0 Å². The van der Waals surface area contributed by atoms with Gasteiger partial charge in [0.25, 0.3) is 0 Å². The van der Waals surface area contributed by atoms with Gasteiger partial charge in [-0.3, -0.25) is 0 Å². The zero-order valence-electron chi connectivity index (χ0n) is 7.88. The van der Waals surface area contributed by atoms with Crippen molar-refractivity contribution >= 4 is 17.3 Å². The summed E-state index contributed by atoms with van der Waals surface area (Å²) in [5.41, 5.74) is 6.29. The second-order valence-corrected chi connectivity index (χ2v) is 3.82. The summed E-state index contributed by atoms with van der Waals surface area (Å²) in [6, 6.07) is 5.25. The van der Waals surface area contributed by atoms with Gasteiger partial charge in [-0.05, 0) is 24.1 Å². The summed E-state index contributed by atoms with van der Waals surface area (Å²) in [5.74, 6) is 1.20. The lowest BCUT2D eigenvalue weighted by Crippen LogP contribution is -2.05. The maximum atomic E-state index is 5.74. The van der Waals surface area contributed by atoms with Crippen LogP contribution in [-0.2, 0) is 0 Å². The van der Waals surface area contributed by atoms with Crippen molar-refractivity contribution in [1.82, 2.24) is 0 Å². The lowest BCUT2D eigenvalue weighted by atomic mass is 10.2. The zero-order valence-corrected chi connectivity index (χ0v) is 8.64. The van der Waals surface area contributed by atoms with Crippen LogP contribution in [0.1, 0.15) is 13.8 Å². The normalized spacial score (nSPS) is 10.5. The fourth-order valence-corrected chi connectivity index (χ4v) is 1.09. The van der Waals surface area contributed by atoms with Crippen LogP contribution in [0.2, 0.25) is 5.02 Å². The van der Waals surface area contributed by atoms with Crippen LogP contribution in [-0.4, -0.2) is 6.61 Å². The van der Waals surface area contributed by atoms with Crippen molar-refractivity contribution in [2.24, 2.45) is 5.92 Å². The molecule has 0 radical (unpaired) electrons. The predicted octanol–water partition coefficient (Wildman–Crippen LogP) is 2.96. The smallest absolute Gasteiger partial charge is 0.142 e. The van der Waals surface area contributed by atoms with E-state index in [1.807, 2.05) is 0 Å². The van der Waals surface area contributed by atoms with Gasteiger partial charge in [0, 0.05) is 5.02 Å². The third-order valence-electron chi connectivity index (χ3n) is 1.54. The van der Waals surface area contributed by atoms with E-state index in [1.165, 1.54) is 0 Å². The molecule has 0 spiro atoms.